The van der Waals surface area contributed by atoms with Crippen molar-refractivity contribution in [3.8, 4) is 0 Å². The summed E-state index contributed by atoms with van der Waals surface area (Å²) in [5, 5.41) is 21.4. The van der Waals surface area contributed by atoms with Crippen LogP contribution in [0.3, 0.4) is 0 Å². The average molecular weight is 189 g/mol. The fraction of sp³-hybridized carbons (Fsp3) is 1.00. The summed E-state index contributed by atoms with van der Waals surface area (Å²) in [6.45, 7) is 8.05. The van der Waals surface area contributed by atoms with E-state index in [1.807, 2.05) is 13.8 Å². The van der Waals surface area contributed by atoms with E-state index in [-0.39, 0.29) is 18.2 Å². The van der Waals surface area contributed by atoms with Crippen LogP contribution in [0.1, 0.15) is 40.5 Å². The molecule has 0 heterocycles. The Labute approximate surface area is 81.2 Å². The predicted molar refractivity (Wildman–Crippen MR) is 54.7 cm³/mol. The molecule has 0 aliphatic carbocycles. The van der Waals surface area contributed by atoms with E-state index in [0.717, 1.165) is 12.8 Å². The second-order valence-corrected chi connectivity index (χ2v) is 4.31. The lowest BCUT2D eigenvalue weighted by Gasteiger charge is -2.33. The van der Waals surface area contributed by atoms with Crippen LogP contribution in [0.15, 0.2) is 0 Å². The molecule has 2 atom stereocenters. The Bertz CT molecular complexity index is 135. The van der Waals surface area contributed by atoms with Crippen LogP contribution in [0.25, 0.3) is 0 Å². The summed E-state index contributed by atoms with van der Waals surface area (Å²) < 4.78 is 0. The zero-order valence-electron chi connectivity index (χ0n) is 9.17. The number of hydrogen-bond donors (Lipinski definition) is 3. The van der Waals surface area contributed by atoms with E-state index in [1.165, 1.54) is 0 Å². The molecule has 0 aliphatic rings. The molecule has 0 aromatic rings. The van der Waals surface area contributed by atoms with Gasteiger partial charge in [0.15, 0.2) is 0 Å². The summed E-state index contributed by atoms with van der Waals surface area (Å²) in [7, 11) is 0. The smallest absolute Gasteiger partial charge is 0.0688 e. The van der Waals surface area contributed by atoms with Crippen molar-refractivity contribution in [2.75, 3.05) is 6.61 Å². The van der Waals surface area contributed by atoms with Gasteiger partial charge in [0, 0.05) is 18.2 Å². The van der Waals surface area contributed by atoms with Crippen molar-refractivity contribution in [1.29, 1.82) is 0 Å². The number of hydrogen-bond acceptors (Lipinski definition) is 3. The average Bonchev–Trinajstić information content (AvgIpc) is 1.99. The van der Waals surface area contributed by atoms with E-state index in [9.17, 15) is 5.11 Å². The van der Waals surface area contributed by atoms with Gasteiger partial charge in [0.1, 0.15) is 0 Å². The number of nitrogens with one attached hydrogen (secondary N) is 1. The van der Waals surface area contributed by atoms with Crippen LogP contribution < -0.4 is 5.32 Å². The molecule has 3 N–H and O–H groups in total. The lowest BCUT2D eigenvalue weighted by molar-refractivity contribution is 0.0878. The SMILES string of the molecule is CC(CCCO)NC(C)(C)C(C)O. The van der Waals surface area contributed by atoms with Gasteiger partial charge in [-0.2, -0.15) is 0 Å². The van der Waals surface area contributed by atoms with Gasteiger partial charge in [0.25, 0.3) is 0 Å². The monoisotopic (exact) mass is 189 g/mol. The first-order valence-electron chi connectivity index (χ1n) is 4.96. The largest absolute Gasteiger partial charge is 0.396 e. The standard InChI is InChI=1S/C10H23NO2/c1-8(6-5-7-12)11-10(3,4)9(2)13/h8-9,11-13H,5-7H2,1-4H3. The number of aliphatic hydroxyl groups excluding tert-OH is 2. The maximum absolute atomic E-state index is 9.44. The summed E-state index contributed by atoms with van der Waals surface area (Å²) >= 11 is 0. The van der Waals surface area contributed by atoms with Crippen LogP contribution in [0.2, 0.25) is 0 Å². The molecule has 13 heavy (non-hydrogen) atoms. The molecule has 80 valence electrons. The second kappa shape index (κ2) is 5.58. The number of rotatable bonds is 6. The third kappa shape index (κ3) is 5.24. The zero-order valence-corrected chi connectivity index (χ0v) is 9.17. The van der Waals surface area contributed by atoms with E-state index >= 15 is 0 Å². The van der Waals surface area contributed by atoms with Gasteiger partial charge in [-0.25, -0.2) is 0 Å². The van der Waals surface area contributed by atoms with Gasteiger partial charge < -0.3 is 15.5 Å². The Morgan fingerprint density at radius 1 is 1.31 bits per heavy atom. The molecule has 0 saturated carbocycles. The van der Waals surface area contributed by atoms with Crippen LogP contribution in [0, 0.1) is 0 Å². The topological polar surface area (TPSA) is 52.5 Å². The molecule has 3 heteroatoms. The minimum atomic E-state index is -0.371. The first kappa shape index (κ1) is 12.9. The minimum Gasteiger partial charge on any atom is -0.396 e. The van der Waals surface area contributed by atoms with Crippen LogP contribution in [-0.2, 0) is 0 Å². The second-order valence-electron chi connectivity index (χ2n) is 4.31. The van der Waals surface area contributed by atoms with Crippen LogP contribution in [0.4, 0.5) is 0 Å². The molecule has 0 aliphatic heterocycles. The molecule has 0 radical (unpaired) electrons. The molecular formula is C10H23NO2. The highest BCUT2D eigenvalue weighted by Gasteiger charge is 2.24. The fourth-order valence-corrected chi connectivity index (χ4v) is 1.23. The molecule has 0 fully saturated rings. The third-order valence-electron chi connectivity index (χ3n) is 2.46. The van der Waals surface area contributed by atoms with Crippen molar-refractivity contribution in [3.05, 3.63) is 0 Å². The molecular weight excluding hydrogens is 166 g/mol. The van der Waals surface area contributed by atoms with Gasteiger partial charge >= 0.3 is 0 Å². The molecule has 0 aromatic heterocycles. The molecule has 0 rings (SSSR count). The third-order valence-corrected chi connectivity index (χ3v) is 2.46. The summed E-state index contributed by atoms with van der Waals surface area (Å²) in [6, 6.07) is 0.330. The lowest BCUT2D eigenvalue weighted by atomic mass is 9.97. The molecule has 0 bridgehead atoms. The summed E-state index contributed by atoms with van der Waals surface area (Å²) in [6.07, 6.45) is 1.38. The van der Waals surface area contributed by atoms with Gasteiger partial charge in [-0.15, -0.1) is 0 Å². The molecule has 0 spiro atoms. The Balaban J connectivity index is 3.82. The summed E-state index contributed by atoms with van der Waals surface area (Å²) in [5.74, 6) is 0. The maximum atomic E-state index is 9.44. The van der Waals surface area contributed by atoms with Crippen LogP contribution in [0.5, 0.6) is 0 Å². The normalized spacial score (nSPS) is 17.1. The summed E-state index contributed by atoms with van der Waals surface area (Å²) in [4.78, 5) is 0. The highest BCUT2D eigenvalue weighted by Crippen LogP contribution is 2.11. The zero-order chi connectivity index (χ0) is 10.5. The first-order valence-corrected chi connectivity index (χ1v) is 4.96. The van der Waals surface area contributed by atoms with E-state index in [1.54, 1.807) is 6.92 Å². The minimum absolute atomic E-state index is 0.237. The molecule has 0 aromatic carbocycles. The van der Waals surface area contributed by atoms with Gasteiger partial charge in [0.2, 0.25) is 0 Å². The van der Waals surface area contributed by atoms with Gasteiger partial charge in [-0.05, 0) is 40.5 Å². The Morgan fingerprint density at radius 2 is 1.85 bits per heavy atom. The van der Waals surface area contributed by atoms with Gasteiger partial charge in [0.05, 0.1) is 6.10 Å². The van der Waals surface area contributed by atoms with E-state index in [4.69, 9.17) is 5.11 Å². The maximum Gasteiger partial charge on any atom is 0.0688 e. The van der Waals surface area contributed by atoms with Crippen molar-refractivity contribution >= 4 is 0 Å². The molecule has 0 amide bonds. The Morgan fingerprint density at radius 3 is 2.23 bits per heavy atom. The van der Waals surface area contributed by atoms with Gasteiger partial charge in [-0.1, -0.05) is 0 Å². The Kier molecular flexibility index (Phi) is 5.53. The first-order chi connectivity index (χ1) is 5.90. The van der Waals surface area contributed by atoms with Gasteiger partial charge in [-0.3, -0.25) is 0 Å². The summed E-state index contributed by atoms with van der Waals surface area (Å²) in [5.41, 5.74) is -0.255. The van der Waals surface area contributed by atoms with E-state index in [0.29, 0.717) is 6.04 Å². The van der Waals surface area contributed by atoms with Crippen LogP contribution in [-0.4, -0.2) is 34.5 Å². The van der Waals surface area contributed by atoms with Crippen molar-refractivity contribution in [1.82, 2.24) is 5.32 Å². The van der Waals surface area contributed by atoms with Crippen molar-refractivity contribution in [2.45, 2.75) is 58.2 Å². The fourth-order valence-electron chi connectivity index (χ4n) is 1.23. The quantitative estimate of drug-likeness (QED) is 0.582. The highest BCUT2D eigenvalue weighted by atomic mass is 16.3. The van der Waals surface area contributed by atoms with Crippen molar-refractivity contribution < 1.29 is 10.2 Å². The van der Waals surface area contributed by atoms with Crippen LogP contribution >= 0.6 is 0 Å². The molecule has 2 unspecified atom stereocenters. The Hall–Kier alpha value is -0.120. The predicted octanol–water partition coefficient (Wildman–Crippen LogP) is 0.896. The van der Waals surface area contributed by atoms with E-state index < -0.39 is 0 Å². The molecule has 0 saturated heterocycles. The van der Waals surface area contributed by atoms with Crippen molar-refractivity contribution in [3.63, 3.8) is 0 Å². The molecule has 3 nitrogen and oxygen atoms in total. The lowest BCUT2D eigenvalue weighted by Crippen LogP contribution is -2.51. The van der Waals surface area contributed by atoms with E-state index in [2.05, 4.69) is 12.2 Å². The highest BCUT2D eigenvalue weighted by molar-refractivity contribution is 4.85. The number of aliphatic hydroxyl groups is 2. The van der Waals surface area contributed by atoms with Crippen molar-refractivity contribution in [2.24, 2.45) is 0 Å².